The minimum absolute atomic E-state index is 0.0696. The highest BCUT2D eigenvalue weighted by molar-refractivity contribution is 4.88. The van der Waals surface area contributed by atoms with Crippen LogP contribution in [0.25, 0.3) is 0 Å². The van der Waals surface area contributed by atoms with Crippen molar-refractivity contribution in [3.05, 3.63) is 0 Å². The second kappa shape index (κ2) is 4.33. The molecule has 2 nitrogen and oxygen atoms in total. The molecule has 1 saturated heterocycles. The molecule has 0 aromatic heterocycles. The van der Waals surface area contributed by atoms with Crippen LogP contribution < -0.4 is 5.32 Å². The van der Waals surface area contributed by atoms with Crippen molar-refractivity contribution in [1.82, 2.24) is 10.2 Å². The Balaban J connectivity index is 2.30. The Kier molecular flexibility index (Phi) is 3.62. The highest BCUT2D eigenvalue weighted by Crippen LogP contribution is 2.21. The second-order valence-corrected chi connectivity index (χ2v) is 4.00. The zero-order valence-electron chi connectivity index (χ0n) is 8.32. The van der Waals surface area contributed by atoms with Crippen LogP contribution in [0.4, 0.5) is 8.78 Å². The number of nitrogens with one attached hydrogen (secondary N) is 1. The molecule has 1 fully saturated rings. The van der Waals surface area contributed by atoms with Gasteiger partial charge >= 0.3 is 0 Å². The first-order chi connectivity index (χ1) is 6.06. The number of rotatable bonds is 3. The molecule has 0 unspecified atom stereocenters. The van der Waals surface area contributed by atoms with Gasteiger partial charge in [-0.15, -0.1) is 0 Å². The van der Waals surface area contributed by atoms with Gasteiger partial charge in [0.05, 0.1) is 6.54 Å². The minimum atomic E-state index is -2.20. The van der Waals surface area contributed by atoms with E-state index < -0.39 is 6.43 Å². The van der Waals surface area contributed by atoms with Gasteiger partial charge in [-0.25, -0.2) is 8.78 Å². The van der Waals surface area contributed by atoms with Crippen LogP contribution in [-0.2, 0) is 0 Å². The molecule has 0 atom stereocenters. The molecule has 1 heterocycles. The van der Waals surface area contributed by atoms with Crippen LogP contribution >= 0.6 is 0 Å². The predicted octanol–water partition coefficient (Wildman–Crippen LogP) is 1.33. The number of nitrogens with zero attached hydrogens (tertiary/aromatic N) is 1. The third-order valence-electron chi connectivity index (χ3n) is 2.96. The lowest BCUT2D eigenvalue weighted by molar-refractivity contribution is 0.0614. The zero-order valence-corrected chi connectivity index (χ0v) is 8.32. The van der Waals surface area contributed by atoms with Crippen molar-refractivity contribution in [3.63, 3.8) is 0 Å². The molecule has 0 aliphatic carbocycles. The van der Waals surface area contributed by atoms with Crippen molar-refractivity contribution in [3.8, 4) is 0 Å². The Bertz CT molecular complexity index is 154. The SMILES string of the molecule is CNC1(C)CCN(CC(F)F)CC1. The van der Waals surface area contributed by atoms with E-state index in [2.05, 4.69) is 12.2 Å². The highest BCUT2D eigenvalue weighted by atomic mass is 19.3. The maximum absolute atomic E-state index is 12.0. The van der Waals surface area contributed by atoms with E-state index in [0.29, 0.717) is 0 Å². The average molecular weight is 192 g/mol. The van der Waals surface area contributed by atoms with Crippen molar-refractivity contribution >= 4 is 0 Å². The first-order valence-electron chi connectivity index (χ1n) is 4.75. The van der Waals surface area contributed by atoms with E-state index in [4.69, 9.17) is 0 Å². The maximum Gasteiger partial charge on any atom is 0.251 e. The summed E-state index contributed by atoms with van der Waals surface area (Å²) in [5, 5.41) is 3.24. The number of alkyl halides is 2. The molecule has 1 aliphatic heterocycles. The molecule has 0 radical (unpaired) electrons. The van der Waals surface area contributed by atoms with Gasteiger partial charge < -0.3 is 5.32 Å². The van der Waals surface area contributed by atoms with Crippen molar-refractivity contribution in [2.24, 2.45) is 0 Å². The van der Waals surface area contributed by atoms with Gasteiger partial charge in [0.25, 0.3) is 6.43 Å². The monoisotopic (exact) mass is 192 g/mol. The van der Waals surface area contributed by atoms with Crippen molar-refractivity contribution in [2.45, 2.75) is 31.7 Å². The fourth-order valence-electron chi connectivity index (χ4n) is 1.67. The van der Waals surface area contributed by atoms with E-state index >= 15 is 0 Å². The van der Waals surface area contributed by atoms with Crippen LogP contribution in [-0.4, -0.2) is 43.5 Å². The number of halogens is 2. The van der Waals surface area contributed by atoms with Crippen LogP contribution in [0.1, 0.15) is 19.8 Å². The zero-order chi connectivity index (χ0) is 9.90. The molecule has 0 aromatic rings. The summed E-state index contributed by atoms with van der Waals surface area (Å²) in [5.74, 6) is 0. The van der Waals surface area contributed by atoms with Gasteiger partial charge in [0, 0.05) is 18.6 Å². The smallest absolute Gasteiger partial charge is 0.251 e. The lowest BCUT2D eigenvalue weighted by Gasteiger charge is -2.39. The van der Waals surface area contributed by atoms with E-state index in [1.54, 1.807) is 0 Å². The summed E-state index contributed by atoms with van der Waals surface area (Å²) < 4.78 is 24.1. The second-order valence-electron chi connectivity index (χ2n) is 4.00. The van der Waals surface area contributed by atoms with Crippen LogP contribution in [0.5, 0.6) is 0 Å². The summed E-state index contributed by atoms with van der Waals surface area (Å²) in [6.07, 6.45) is -0.286. The van der Waals surface area contributed by atoms with Crippen LogP contribution in [0.15, 0.2) is 0 Å². The number of piperidine rings is 1. The largest absolute Gasteiger partial charge is 0.314 e. The normalized spacial score (nSPS) is 23.8. The van der Waals surface area contributed by atoms with Gasteiger partial charge in [0.1, 0.15) is 0 Å². The molecular formula is C9H18F2N2. The Hall–Kier alpha value is -0.220. The van der Waals surface area contributed by atoms with Crippen molar-refractivity contribution < 1.29 is 8.78 Å². The minimum Gasteiger partial charge on any atom is -0.314 e. The molecule has 0 spiro atoms. The summed E-state index contributed by atoms with van der Waals surface area (Å²) >= 11 is 0. The lowest BCUT2D eigenvalue weighted by atomic mass is 9.90. The highest BCUT2D eigenvalue weighted by Gasteiger charge is 2.28. The third kappa shape index (κ3) is 3.19. The molecule has 0 aromatic carbocycles. The van der Waals surface area contributed by atoms with E-state index in [1.165, 1.54) is 0 Å². The van der Waals surface area contributed by atoms with Gasteiger partial charge in [-0.05, 0) is 26.8 Å². The molecule has 0 bridgehead atoms. The van der Waals surface area contributed by atoms with Crippen LogP contribution in [0, 0.1) is 0 Å². The molecule has 0 saturated carbocycles. The Morgan fingerprint density at radius 3 is 2.31 bits per heavy atom. The van der Waals surface area contributed by atoms with Crippen LogP contribution in [0.2, 0.25) is 0 Å². The summed E-state index contributed by atoms with van der Waals surface area (Å²) in [5.41, 5.74) is 0.151. The van der Waals surface area contributed by atoms with E-state index in [-0.39, 0.29) is 12.1 Å². The predicted molar refractivity (Wildman–Crippen MR) is 49.1 cm³/mol. The van der Waals surface area contributed by atoms with Crippen molar-refractivity contribution in [2.75, 3.05) is 26.7 Å². The molecule has 1 rings (SSSR count). The molecule has 13 heavy (non-hydrogen) atoms. The third-order valence-corrected chi connectivity index (χ3v) is 2.96. The molecule has 1 N–H and O–H groups in total. The molecule has 78 valence electrons. The molecule has 4 heteroatoms. The van der Waals surface area contributed by atoms with Gasteiger partial charge in [-0.1, -0.05) is 0 Å². The Morgan fingerprint density at radius 1 is 1.38 bits per heavy atom. The maximum atomic E-state index is 12.0. The van der Waals surface area contributed by atoms with E-state index in [1.807, 2.05) is 11.9 Å². The average Bonchev–Trinajstić information content (AvgIpc) is 2.09. The Labute approximate surface area is 78.3 Å². The van der Waals surface area contributed by atoms with Gasteiger partial charge in [0.2, 0.25) is 0 Å². The summed E-state index contributed by atoms with van der Waals surface area (Å²) in [4.78, 5) is 1.84. The standard InChI is InChI=1S/C9H18F2N2/c1-9(12-2)3-5-13(6-4-9)7-8(10)11/h8,12H,3-7H2,1-2H3. The van der Waals surface area contributed by atoms with Gasteiger partial charge in [-0.3, -0.25) is 4.90 Å². The summed E-state index contributed by atoms with van der Waals surface area (Å²) in [6.45, 7) is 3.63. The first kappa shape index (κ1) is 10.9. The van der Waals surface area contributed by atoms with Gasteiger partial charge in [0.15, 0.2) is 0 Å². The van der Waals surface area contributed by atoms with E-state index in [0.717, 1.165) is 25.9 Å². The topological polar surface area (TPSA) is 15.3 Å². The van der Waals surface area contributed by atoms with Crippen LogP contribution in [0.3, 0.4) is 0 Å². The summed E-state index contributed by atoms with van der Waals surface area (Å²) in [7, 11) is 1.93. The molecular weight excluding hydrogens is 174 g/mol. The molecule has 1 aliphatic rings. The van der Waals surface area contributed by atoms with E-state index in [9.17, 15) is 8.78 Å². The fraction of sp³-hybridized carbons (Fsp3) is 1.00. The summed E-state index contributed by atoms with van der Waals surface area (Å²) in [6, 6.07) is 0. The lowest BCUT2D eigenvalue weighted by Crippen LogP contribution is -2.50. The number of hydrogen-bond donors (Lipinski definition) is 1. The fourth-order valence-corrected chi connectivity index (χ4v) is 1.67. The Morgan fingerprint density at radius 2 is 1.92 bits per heavy atom. The number of hydrogen-bond acceptors (Lipinski definition) is 2. The number of likely N-dealkylation sites (tertiary alicyclic amines) is 1. The van der Waals surface area contributed by atoms with Crippen molar-refractivity contribution in [1.29, 1.82) is 0 Å². The molecule has 0 amide bonds. The quantitative estimate of drug-likeness (QED) is 0.725. The first-order valence-corrected chi connectivity index (χ1v) is 4.75. The van der Waals surface area contributed by atoms with Gasteiger partial charge in [-0.2, -0.15) is 0 Å².